The number of carbonyl (C=O) groups is 1. The average molecular weight is 296 g/mol. The molecule has 2 rings (SSSR count). The Morgan fingerprint density at radius 2 is 1.67 bits per heavy atom. The maximum atomic E-state index is 12.4. The highest BCUT2D eigenvalue weighted by atomic mass is 19.4. The first-order chi connectivity index (χ1) is 9.85. The number of halogens is 3. The van der Waals surface area contributed by atoms with Crippen molar-refractivity contribution in [3.8, 4) is 16.9 Å². The maximum Gasteiger partial charge on any atom is 0.573 e. The Kier molecular flexibility index (Phi) is 4.16. The van der Waals surface area contributed by atoms with Gasteiger partial charge in [0.15, 0.2) is 0 Å². The fourth-order valence-electron chi connectivity index (χ4n) is 1.90. The first-order valence-corrected chi connectivity index (χ1v) is 6.01. The largest absolute Gasteiger partial charge is 0.573 e. The van der Waals surface area contributed by atoms with Gasteiger partial charge in [-0.15, -0.1) is 13.2 Å². The second-order valence-corrected chi connectivity index (χ2v) is 4.31. The first-order valence-electron chi connectivity index (χ1n) is 6.01. The van der Waals surface area contributed by atoms with Crippen molar-refractivity contribution in [3.63, 3.8) is 0 Å². The van der Waals surface area contributed by atoms with Crippen LogP contribution in [-0.2, 0) is 11.2 Å². The minimum atomic E-state index is -4.76. The predicted octanol–water partition coefficient (Wildman–Crippen LogP) is 3.88. The number of ether oxygens (including phenoxy) is 1. The number of rotatable bonds is 4. The monoisotopic (exact) mass is 296 g/mol. The highest BCUT2D eigenvalue weighted by Crippen LogP contribution is 2.33. The molecule has 0 spiro atoms. The minimum Gasteiger partial charge on any atom is -0.481 e. The van der Waals surface area contributed by atoms with Crippen molar-refractivity contribution in [1.29, 1.82) is 0 Å². The summed E-state index contributed by atoms with van der Waals surface area (Å²) in [7, 11) is 0. The number of aliphatic carboxylic acids is 1. The van der Waals surface area contributed by atoms with Gasteiger partial charge >= 0.3 is 12.3 Å². The van der Waals surface area contributed by atoms with Gasteiger partial charge in [-0.05, 0) is 17.2 Å². The molecular weight excluding hydrogens is 285 g/mol. The highest BCUT2D eigenvalue weighted by Gasteiger charge is 2.32. The second kappa shape index (κ2) is 5.87. The van der Waals surface area contributed by atoms with E-state index in [1.54, 1.807) is 30.3 Å². The maximum absolute atomic E-state index is 12.4. The molecule has 110 valence electrons. The summed E-state index contributed by atoms with van der Waals surface area (Å²) in [6, 6.07) is 12.0. The summed E-state index contributed by atoms with van der Waals surface area (Å²) in [6.45, 7) is 0. The molecule has 2 aromatic carbocycles. The molecule has 0 bridgehead atoms. The number of carboxylic acids is 1. The standard InChI is InChI=1S/C15H11F3O3/c16-15(17,18)21-13-4-2-1-3-12(13)11-7-5-10(6-8-11)9-14(19)20/h1-8H,9H2,(H,19,20). The minimum absolute atomic E-state index is 0.138. The van der Waals surface area contributed by atoms with Crippen molar-refractivity contribution in [3.05, 3.63) is 54.1 Å². The van der Waals surface area contributed by atoms with E-state index < -0.39 is 12.3 Å². The van der Waals surface area contributed by atoms with Crippen LogP contribution in [0.4, 0.5) is 13.2 Å². The molecule has 0 aliphatic heterocycles. The van der Waals surface area contributed by atoms with Crippen LogP contribution in [0.2, 0.25) is 0 Å². The summed E-state index contributed by atoms with van der Waals surface area (Å²) in [4.78, 5) is 10.6. The topological polar surface area (TPSA) is 46.5 Å². The lowest BCUT2D eigenvalue weighted by atomic mass is 10.0. The smallest absolute Gasteiger partial charge is 0.481 e. The van der Waals surface area contributed by atoms with Gasteiger partial charge in [-0.1, -0.05) is 42.5 Å². The normalized spacial score (nSPS) is 11.2. The number of hydrogen-bond acceptors (Lipinski definition) is 2. The van der Waals surface area contributed by atoms with E-state index in [1.807, 2.05) is 0 Å². The molecular formula is C15H11F3O3. The van der Waals surface area contributed by atoms with E-state index in [2.05, 4.69) is 4.74 Å². The van der Waals surface area contributed by atoms with Crippen LogP contribution >= 0.6 is 0 Å². The fourth-order valence-corrected chi connectivity index (χ4v) is 1.90. The molecule has 0 aliphatic rings. The number of hydrogen-bond donors (Lipinski definition) is 1. The molecule has 0 aromatic heterocycles. The van der Waals surface area contributed by atoms with Gasteiger partial charge in [0, 0.05) is 5.56 Å². The highest BCUT2D eigenvalue weighted by molar-refractivity contribution is 5.73. The molecule has 0 amide bonds. The SMILES string of the molecule is O=C(O)Cc1ccc(-c2ccccc2OC(F)(F)F)cc1. The summed E-state index contributed by atoms with van der Waals surface area (Å²) < 4.78 is 41.1. The molecule has 2 aromatic rings. The number of carboxylic acid groups (broad SMARTS) is 1. The van der Waals surface area contributed by atoms with Crippen LogP contribution in [0.1, 0.15) is 5.56 Å². The van der Waals surface area contributed by atoms with E-state index in [-0.39, 0.29) is 17.7 Å². The van der Waals surface area contributed by atoms with Crippen molar-refractivity contribution >= 4 is 5.97 Å². The van der Waals surface area contributed by atoms with Crippen molar-refractivity contribution < 1.29 is 27.8 Å². The number of alkyl halides is 3. The van der Waals surface area contributed by atoms with Gasteiger partial charge in [0.1, 0.15) is 5.75 Å². The van der Waals surface area contributed by atoms with E-state index in [1.165, 1.54) is 18.2 Å². The molecule has 0 saturated carbocycles. The Morgan fingerprint density at radius 1 is 1.05 bits per heavy atom. The molecule has 0 fully saturated rings. The zero-order chi connectivity index (χ0) is 15.5. The third kappa shape index (κ3) is 4.24. The van der Waals surface area contributed by atoms with E-state index in [9.17, 15) is 18.0 Å². The number of benzene rings is 2. The Balaban J connectivity index is 2.31. The molecule has 3 nitrogen and oxygen atoms in total. The van der Waals surface area contributed by atoms with Gasteiger partial charge in [0.05, 0.1) is 6.42 Å². The van der Waals surface area contributed by atoms with E-state index in [0.29, 0.717) is 11.1 Å². The molecule has 0 atom stereocenters. The third-order valence-electron chi connectivity index (χ3n) is 2.73. The van der Waals surface area contributed by atoms with E-state index in [4.69, 9.17) is 5.11 Å². The second-order valence-electron chi connectivity index (χ2n) is 4.31. The van der Waals surface area contributed by atoms with Crippen molar-refractivity contribution in [2.24, 2.45) is 0 Å². The average Bonchev–Trinajstić information content (AvgIpc) is 2.38. The molecule has 0 radical (unpaired) electrons. The molecule has 0 unspecified atom stereocenters. The lowest BCUT2D eigenvalue weighted by Crippen LogP contribution is -2.17. The molecule has 6 heteroatoms. The van der Waals surface area contributed by atoms with Gasteiger partial charge in [-0.25, -0.2) is 0 Å². The van der Waals surface area contributed by atoms with Crippen LogP contribution < -0.4 is 4.74 Å². The van der Waals surface area contributed by atoms with Crippen LogP contribution in [0.3, 0.4) is 0 Å². The fraction of sp³-hybridized carbons (Fsp3) is 0.133. The van der Waals surface area contributed by atoms with Crippen LogP contribution in [0.15, 0.2) is 48.5 Å². The lowest BCUT2D eigenvalue weighted by Gasteiger charge is -2.13. The molecule has 1 N–H and O–H groups in total. The molecule has 0 heterocycles. The van der Waals surface area contributed by atoms with Crippen LogP contribution in [-0.4, -0.2) is 17.4 Å². The summed E-state index contributed by atoms with van der Waals surface area (Å²) in [5.74, 6) is -1.26. The van der Waals surface area contributed by atoms with Gasteiger partial charge < -0.3 is 9.84 Å². The first kappa shape index (κ1) is 14.9. The number of para-hydroxylation sites is 1. The molecule has 21 heavy (non-hydrogen) atoms. The molecule has 0 aliphatic carbocycles. The van der Waals surface area contributed by atoms with Gasteiger partial charge in [-0.2, -0.15) is 0 Å². The Labute approximate surface area is 118 Å². The van der Waals surface area contributed by atoms with Crippen molar-refractivity contribution in [2.75, 3.05) is 0 Å². The summed E-state index contributed by atoms with van der Waals surface area (Å²) in [5, 5.41) is 8.68. The van der Waals surface area contributed by atoms with E-state index in [0.717, 1.165) is 0 Å². The van der Waals surface area contributed by atoms with Crippen LogP contribution in [0.5, 0.6) is 5.75 Å². The Morgan fingerprint density at radius 3 is 2.24 bits per heavy atom. The predicted molar refractivity (Wildman–Crippen MR) is 69.9 cm³/mol. The summed E-state index contributed by atoms with van der Waals surface area (Å²) in [5.41, 5.74) is 1.38. The van der Waals surface area contributed by atoms with E-state index >= 15 is 0 Å². The third-order valence-corrected chi connectivity index (χ3v) is 2.73. The van der Waals surface area contributed by atoms with Gasteiger partial charge in [0.25, 0.3) is 0 Å². The Bertz CT molecular complexity index is 633. The quantitative estimate of drug-likeness (QED) is 0.931. The Hall–Kier alpha value is -2.50. The summed E-state index contributed by atoms with van der Waals surface area (Å²) >= 11 is 0. The van der Waals surface area contributed by atoms with Crippen LogP contribution in [0.25, 0.3) is 11.1 Å². The van der Waals surface area contributed by atoms with Crippen molar-refractivity contribution in [2.45, 2.75) is 12.8 Å². The van der Waals surface area contributed by atoms with Gasteiger partial charge in [0.2, 0.25) is 0 Å². The zero-order valence-corrected chi connectivity index (χ0v) is 10.7. The zero-order valence-electron chi connectivity index (χ0n) is 10.7. The molecule has 0 saturated heterocycles. The lowest BCUT2D eigenvalue weighted by molar-refractivity contribution is -0.274. The van der Waals surface area contributed by atoms with Crippen molar-refractivity contribution in [1.82, 2.24) is 0 Å². The summed E-state index contributed by atoms with van der Waals surface area (Å²) in [6.07, 6.45) is -4.90. The van der Waals surface area contributed by atoms with Gasteiger partial charge in [-0.3, -0.25) is 4.79 Å². The van der Waals surface area contributed by atoms with Crippen LogP contribution in [0, 0.1) is 0 Å².